The lowest BCUT2D eigenvalue weighted by atomic mass is 10.1. The second-order valence-electron chi connectivity index (χ2n) is 8.04. The SMILES string of the molecule is Cc1nn(-c2ccccn2)c2nc(C3CC3)cc(C(=O)N(C)Cc3cccc(Cl)c3)c12. The van der Waals surface area contributed by atoms with Crippen molar-refractivity contribution in [2.45, 2.75) is 32.2 Å². The van der Waals surface area contributed by atoms with Gasteiger partial charge in [-0.05, 0) is 55.7 Å². The van der Waals surface area contributed by atoms with E-state index < -0.39 is 0 Å². The zero-order valence-electron chi connectivity index (χ0n) is 17.4. The minimum atomic E-state index is -0.0575. The Morgan fingerprint density at radius 3 is 2.74 bits per heavy atom. The number of pyridine rings is 2. The van der Waals surface area contributed by atoms with Crippen LogP contribution in [0.4, 0.5) is 0 Å². The molecule has 1 fully saturated rings. The third kappa shape index (κ3) is 3.79. The number of rotatable bonds is 5. The van der Waals surface area contributed by atoms with E-state index in [1.807, 2.05) is 62.5 Å². The lowest BCUT2D eigenvalue weighted by Crippen LogP contribution is -2.26. The summed E-state index contributed by atoms with van der Waals surface area (Å²) in [6.45, 7) is 2.38. The molecule has 3 aromatic heterocycles. The number of amides is 1. The molecule has 4 aromatic rings. The number of aryl methyl sites for hydroxylation is 1. The standard InChI is InChI=1S/C24H22ClN5O/c1-15-22-19(24(31)29(2)14-16-6-5-7-18(25)12-16)13-20(17-9-10-17)27-23(22)30(28-15)21-8-3-4-11-26-21/h3-8,11-13,17H,9-10,14H2,1-2H3. The van der Waals surface area contributed by atoms with Crippen molar-refractivity contribution in [1.82, 2.24) is 24.6 Å². The fourth-order valence-electron chi connectivity index (χ4n) is 3.89. The molecule has 31 heavy (non-hydrogen) atoms. The van der Waals surface area contributed by atoms with Gasteiger partial charge in [0.25, 0.3) is 5.91 Å². The number of benzene rings is 1. The predicted octanol–water partition coefficient (Wildman–Crippen LogP) is 4.93. The lowest BCUT2D eigenvalue weighted by molar-refractivity contribution is 0.0787. The maximum atomic E-state index is 13.6. The summed E-state index contributed by atoms with van der Waals surface area (Å²) >= 11 is 6.12. The molecule has 1 aromatic carbocycles. The Kier molecular flexibility index (Phi) is 4.94. The number of carbonyl (C=O) groups is 1. The van der Waals surface area contributed by atoms with Crippen molar-refractivity contribution >= 4 is 28.5 Å². The monoisotopic (exact) mass is 431 g/mol. The van der Waals surface area contributed by atoms with Gasteiger partial charge in [-0.2, -0.15) is 9.78 Å². The smallest absolute Gasteiger partial charge is 0.254 e. The molecule has 6 nitrogen and oxygen atoms in total. The molecule has 3 heterocycles. The molecule has 0 N–H and O–H groups in total. The first-order chi connectivity index (χ1) is 15.0. The minimum absolute atomic E-state index is 0.0575. The highest BCUT2D eigenvalue weighted by atomic mass is 35.5. The molecular formula is C24H22ClN5O. The number of fused-ring (bicyclic) bond motifs is 1. The summed E-state index contributed by atoms with van der Waals surface area (Å²) in [5.74, 6) is 1.03. The zero-order chi connectivity index (χ0) is 21.5. The highest BCUT2D eigenvalue weighted by Gasteiger charge is 2.29. The first-order valence-corrected chi connectivity index (χ1v) is 10.7. The normalized spacial score (nSPS) is 13.5. The summed E-state index contributed by atoms with van der Waals surface area (Å²) in [5.41, 5.74) is 4.01. The van der Waals surface area contributed by atoms with Crippen LogP contribution in [0.15, 0.2) is 54.7 Å². The Morgan fingerprint density at radius 2 is 2.03 bits per heavy atom. The van der Waals surface area contributed by atoms with Gasteiger partial charge in [-0.25, -0.2) is 9.97 Å². The molecule has 1 aliphatic rings. The summed E-state index contributed by atoms with van der Waals surface area (Å²) in [6, 6.07) is 15.2. The van der Waals surface area contributed by atoms with E-state index in [2.05, 4.69) is 10.1 Å². The van der Waals surface area contributed by atoms with Gasteiger partial charge < -0.3 is 4.90 Å². The summed E-state index contributed by atoms with van der Waals surface area (Å²) < 4.78 is 1.74. The van der Waals surface area contributed by atoms with Gasteiger partial charge in [-0.15, -0.1) is 0 Å². The molecule has 5 rings (SSSR count). The van der Waals surface area contributed by atoms with E-state index in [9.17, 15) is 4.79 Å². The maximum absolute atomic E-state index is 13.6. The van der Waals surface area contributed by atoms with Gasteiger partial charge >= 0.3 is 0 Å². The van der Waals surface area contributed by atoms with Crippen LogP contribution in [0.5, 0.6) is 0 Å². The first kappa shape index (κ1) is 19.7. The molecule has 0 bridgehead atoms. The van der Waals surface area contributed by atoms with Crippen LogP contribution in [-0.4, -0.2) is 37.6 Å². The van der Waals surface area contributed by atoms with Gasteiger partial charge in [-0.3, -0.25) is 4.79 Å². The topological polar surface area (TPSA) is 63.9 Å². The van der Waals surface area contributed by atoms with Crippen LogP contribution < -0.4 is 0 Å². The van der Waals surface area contributed by atoms with Crippen LogP contribution in [0.2, 0.25) is 5.02 Å². The summed E-state index contributed by atoms with van der Waals surface area (Å²) in [4.78, 5) is 24.6. The Bertz CT molecular complexity index is 1280. The van der Waals surface area contributed by atoms with Gasteiger partial charge in [0.05, 0.1) is 16.6 Å². The molecule has 0 unspecified atom stereocenters. The number of hydrogen-bond acceptors (Lipinski definition) is 4. The molecule has 1 amide bonds. The highest BCUT2D eigenvalue weighted by molar-refractivity contribution is 6.30. The number of aromatic nitrogens is 4. The molecular weight excluding hydrogens is 410 g/mol. The van der Waals surface area contributed by atoms with Gasteiger partial charge in [0.15, 0.2) is 11.5 Å². The number of nitrogens with zero attached hydrogens (tertiary/aromatic N) is 5. The Labute approximate surface area is 185 Å². The third-order valence-corrected chi connectivity index (χ3v) is 5.82. The van der Waals surface area contributed by atoms with Crippen molar-refractivity contribution in [2.24, 2.45) is 0 Å². The maximum Gasteiger partial charge on any atom is 0.254 e. The van der Waals surface area contributed by atoms with E-state index in [4.69, 9.17) is 16.6 Å². The molecule has 1 saturated carbocycles. The average molecular weight is 432 g/mol. The Morgan fingerprint density at radius 1 is 1.19 bits per heavy atom. The van der Waals surface area contributed by atoms with Crippen molar-refractivity contribution in [3.8, 4) is 5.82 Å². The fraction of sp³-hybridized carbons (Fsp3) is 0.250. The summed E-state index contributed by atoms with van der Waals surface area (Å²) in [7, 11) is 1.81. The zero-order valence-corrected chi connectivity index (χ0v) is 18.2. The van der Waals surface area contributed by atoms with Crippen LogP contribution >= 0.6 is 11.6 Å². The van der Waals surface area contributed by atoms with Crippen molar-refractivity contribution in [3.63, 3.8) is 0 Å². The van der Waals surface area contributed by atoms with Crippen molar-refractivity contribution in [3.05, 3.63) is 82.3 Å². The van der Waals surface area contributed by atoms with Gasteiger partial charge in [0.1, 0.15) is 0 Å². The molecule has 156 valence electrons. The molecule has 0 radical (unpaired) electrons. The van der Waals surface area contributed by atoms with Crippen LogP contribution in [0, 0.1) is 6.92 Å². The van der Waals surface area contributed by atoms with Crippen LogP contribution in [0.25, 0.3) is 16.9 Å². The minimum Gasteiger partial charge on any atom is -0.337 e. The van der Waals surface area contributed by atoms with Crippen molar-refractivity contribution in [2.75, 3.05) is 7.05 Å². The lowest BCUT2D eigenvalue weighted by Gasteiger charge is -2.19. The van der Waals surface area contributed by atoms with E-state index in [0.717, 1.165) is 35.2 Å². The summed E-state index contributed by atoms with van der Waals surface area (Å²) in [6.07, 6.45) is 3.93. The number of carbonyl (C=O) groups excluding carboxylic acids is 1. The van der Waals surface area contributed by atoms with Crippen molar-refractivity contribution < 1.29 is 4.79 Å². The highest BCUT2D eigenvalue weighted by Crippen LogP contribution is 2.41. The Balaban J connectivity index is 1.60. The van der Waals surface area contributed by atoms with Crippen LogP contribution in [0.3, 0.4) is 0 Å². The van der Waals surface area contributed by atoms with E-state index in [-0.39, 0.29) is 5.91 Å². The second kappa shape index (κ2) is 7.78. The van der Waals surface area contributed by atoms with Crippen LogP contribution in [-0.2, 0) is 6.54 Å². The summed E-state index contributed by atoms with van der Waals surface area (Å²) in [5, 5.41) is 6.12. The van der Waals surface area contributed by atoms with Gasteiger partial charge in [0.2, 0.25) is 0 Å². The van der Waals surface area contributed by atoms with E-state index >= 15 is 0 Å². The van der Waals surface area contributed by atoms with E-state index in [1.54, 1.807) is 15.8 Å². The van der Waals surface area contributed by atoms with E-state index in [0.29, 0.717) is 34.5 Å². The molecule has 0 aliphatic heterocycles. The van der Waals surface area contributed by atoms with Crippen LogP contribution in [0.1, 0.15) is 46.1 Å². The van der Waals surface area contributed by atoms with Crippen molar-refractivity contribution in [1.29, 1.82) is 0 Å². The Hall–Kier alpha value is -3.25. The third-order valence-electron chi connectivity index (χ3n) is 5.58. The largest absolute Gasteiger partial charge is 0.337 e. The average Bonchev–Trinajstić information content (AvgIpc) is 3.57. The second-order valence-corrected chi connectivity index (χ2v) is 8.48. The molecule has 0 saturated heterocycles. The van der Waals surface area contributed by atoms with E-state index in [1.165, 1.54) is 0 Å². The predicted molar refractivity (Wildman–Crippen MR) is 121 cm³/mol. The number of hydrogen-bond donors (Lipinski definition) is 0. The van der Waals surface area contributed by atoms with Gasteiger partial charge in [0, 0.05) is 36.4 Å². The fourth-order valence-corrected chi connectivity index (χ4v) is 4.10. The molecule has 0 spiro atoms. The number of halogens is 1. The van der Waals surface area contributed by atoms with Gasteiger partial charge in [-0.1, -0.05) is 29.8 Å². The molecule has 0 atom stereocenters. The first-order valence-electron chi connectivity index (χ1n) is 10.3. The quantitative estimate of drug-likeness (QED) is 0.449. The molecule has 1 aliphatic carbocycles. The molecule has 7 heteroatoms.